The summed E-state index contributed by atoms with van der Waals surface area (Å²) in [5.41, 5.74) is 3.05. The molecule has 0 amide bonds. The number of rotatable bonds is 8. The van der Waals surface area contributed by atoms with Gasteiger partial charge in [0.15, 0.2) is 0 Å². The largest absolute Gasteiger partial charge is 0.458 e. The van der Waals surface area contributed by atoms with E-state index in [1.165, 1.54) is 77.3 Å². The molecule has 3 saturated carbocycles. The van der Waals surface area contributed by atoms with Crippen LogP contribution in [-0.2, 0) is 4.74 Å². The average Bonchev–Trinajstić information content (AvgIpc) is 3.35. The van der Waals surface area contributed by atoms with Crippen molar-refractivity contribution in [3.63, 3.8) is 0 Å². The van der Waals surface area contributed by atoms with Crippen LogP contribution in [0.4, 0.5) is 0 Å². The molecule has 0 N–H and O–H groups in total. The number of carbonyl (C=O) groups excluding carboxylic acids is 1. The van der Waals surface area contributed by atoms with Crippen LogP contribution in [0.2, 0.25) is 0 Å². The lowest BCUT2D eigenvalue weighted by Gasteiger charge is -2.62. The highest BCUT2D eigenvalue weighted by Gasteiger charge is 2.62. The van der Waals surface area contributed by atoms with E-state index in [0.717, 1.165) is 54.8 Å². The minimum Gasteiger partial charge on any atom is -0.458 e. The number of hydrogen-bond acceptors (Lipinski definition) is 3. The molecular formula is C39H59NO2. The Labute approximate surface area is 257 Å². The van der Waals surface area contributed by atoms with Crippen molar-refractivity contribution in [2.45, 2.75) is 130 Å². The quantitative estimate of drug-likeness (QED) is 0.229. The number of carbonyl (C=O) groups is 1. The second kappa shape index (κ2) is 12.4. The van der Waals surface area contributed by atoms with Crippen molar-refractivity contribution in [1.82, 2.24) is 4.90 Å². The van der Waals surface area contributed by atoms with Gasteiger partial charge in [0.25, 0.3) is 0 Å². The third-order valence-corrected chi connectivity index (χ3v) is 13.4. The summed E-state index contributed by atoms with van der Waals surface area (Å²) in [6.45, 7) is 15.2. The molecule has 3 nitrogen and oxygen atoms in total. The van der Waals surface area contributed by atoms with Crippen LogP contribution in [0, 0.1) is 46.3 Å². The first-order chi connectivity index (χ1) is 20.2. The van der Waals surface area contributed by atoms with E-state index in [0.29, 0.717) is 17.0 Å². The molecule has 3 heteroatoms. The van der Waals surface area contributed by atoms with Crippen LogP contribution in [-0.4, -0.2) is 36.1 Å². The third-order valence-electron chi connectivity index (χ3n) is 13.4. The zero-order valence-corrected chi connectivity index (χ0v) is 27.5. The van der Waals surface area contributed by atoms with Crippen molar-refractivity contribution in [1.29, 1.82) is 0 Å². The zero-order valence-electron chi connectivity index (χ0n) is 27.5. The van der Waals surface area contributed by atoms with Gasteiger partial charge in [-0.15, -0.1) is 0 Å². The van der Waals surface area contributed by atoms with Crippen molar-refractivity contribution >= 4 is 5.97 Å². The van der Waals surface area contributed by atoms with Crippen molar-refractivity contribution in [3.05, 3.63) is 47.5 Å². The number of ether oxygens (including phenoxy) is 1. The van der Waals surface area contributed by atoms with Crippen LogP contribution >= 0.6 is 0 Å². The molecule has 4 fully saturated rings. The number of nitrogens with zero attached hydrogens (tertiary/aromatic N) is 1. The summed E-state index contributed by atoms with van der Waals surface area (Å²) in [7, 11) is 0. The predicted octanol–water partition coefficient (Wildman–Crippen LogP) is 9.72. The molecule has 1 aromatic carbocycles. The Hall–Kier alpha value is -1.61. The van der Waals surface area contributed by atoms with Gasteiger partial charge < -0.3 is 4.74 Å². The lowest BCUT2D eigenvalue weighted by molar-refractivity contribution is -0.0881. The fraction of sp³-hybridized carbons (Fsp3) is 0.769. The zero-order chi connectivity index (χ0) is 29.5. The smallest absolute Gasteiger partial charge is 0.338 e. The van der Waals surface area contributed by atoms with E-state index in [1.807, 2.05) is 30.3 Å². The summed E-state index contributed by atoms with van der Waals surface area (Å²) >= 11 is 0. The lowest BCUT2D eigenvalue weighted by Crippen LogP contribution is -2.59. The highest BCUT2D eigenvalue weighted by Crippen LogP contribution is 2.68. The summed E-state index contributed by atoms with van der Waals surface area (Å²) in [5.74, 6) is 4.82. The monoisotopic (exact) mass is 573 g/mol. The van der Waals surface area contributed by atoms with Crippen molar-refractivity contribution in [2.24, 2.45) is 46.3 Å². The van der Waals surface area contributed by atoms with Gasteiger partial charge in [0.1, 0.15) is 6.10 Å². The van der Waals surface area contributed by atoms with Crippen molar-refractivity contribution in [2.75, 3.05) is 13.1 Å². The van der Waals surface area contributed by atoms with Gasteiger partial charge in [0.05, 0.1) is 5.56 Å². The van der Waals surface area contributed by atoms with Crippen LogP contribution in [0.25, 0.3) is 0 Å². The molecule has 5 aliphatic rings. The topological polar surface area (TPSA) is 29.5 Å². The lowest BCUT2D eigenvalue weighted by atomic mass is 9.45. The van der Waals surface area contributed by atoms with E-state index < -0.39 is 0 Å². The molecular weight excluding hydrogens is 514 g/mol. The molecule has 1 heterocycles. The Morgan fingerprint density at radius 3 is 2.43 bits per heavy atom. The molecule has 4 aliphatic carbocycles. The third kappa shape index (κ3) is 5.66. The second-order valence-corrected chi connectivity index (χ2v) is 16.2. The maximum Gasteiger partial charge on any atom is 0.338 e. The summed E-state index contributed by atoms with van der Waals surface area (Å²) in [6.07, 6.45) is 19.9. The predicted molar refractivity (Wildman–Crippen MR) is 173 cm³/mol. The highest BCUT2D eigenvalue weighted by atomic mass is 16.5. The summed E-state index contributed by atoms with van der Waals surface area (Å²) in [6, 6.07) is 10.1. The van der Waals surface area contributed by atoms with E-state index in [-0.39, 0.29) is 17.5 Å². The molecule has 9 atom stereocenters. The molecule has 0 radical (unpaired) electrons. The molecule has 0 unspecified atom stereocenters. The van der Waals surface area contributed by atoms with Crippen molar-refractivity contribution < 1.29 is 9.53 Å². The Morgan fingerprint density at radius 1 is 0.929 bits per heavy atom. The minimum atomic E-state index is -0.154. The average molecular weight is 574 g/mol. The second-order valence-electron chi connectivity index (χ2n) is 16.2. The Morgan fingerprint density at radius 2 is 1.69 bits per heavy atom. The van der Waals surface area contributed by atoms with Crippen LogP contribution < -0.4 is 0 Å². The molecule has 0 spiro atoms. The van der Waals surface area contributed by atoms with Crippen LogP contribution in [0.5, 0.6) is 0 Å². The number of esters is 1. The summed E-state index contributed by atoms with van der Waals surface area (Å²) in [4.78, 5) is 15.9. The molecule has 1 aliphatic heterocycles. The SMILES string of the molecule is CC(C)CCC[C@H](C)[C@H]1CC[C@H]2[C@@H]3[C@H](N4CCCCC4)C=C4C[C@H](OC(=O)c5ccccc5)CC[C@]4(C)[C@H]3CC[C@]12C. The van der Waals surface area contributed by atoms with Gasteiger partial charge in [0, 0.05) is 12.5 Å². The fourth-order valence-corrected chi connectivity index (χ4v) is 11.1. The maximum atomic E-state index is 13.0. The van der Waals surface area contributed by atoms with Gasteiger partial charge in [-0.25, -0.2) is 4.79 Å². The Kier molecular flexibility index (Phi) is 8.99. The molecule has 0 aromatic heterocycles. The number of fused-ring (bicyclic) bond motifs is 5. The number of piperidine rings is 1. The molecule has 6 rings (SSSR count). The summed E-state index contributed by atoms with van der Waals surface area (Å²) < 4.78 is 6.17. The van der Waals surface area contributed by atoms with E-state index in [9.17, 15) is 4.79 Å². The first-order valence-electron chi connectivity index (χ1n) is 17.9. The van der Waals surface area contributed by atoms with E-state index >= 15 is 0 Å². The molecule has 42 heavy (non-hydrogen) atoms. The van der Waals surface area contributed by atoms with Crippen LogP contribution in [0.15, 0.2) is 42.0 Å². The van der Waals surface area contributed by atoms with Gasteiger partial charge in [-0.2, -0.15) is 0 Å². The standard InChI is InChI=1S/C39H59NO2/c1-27(2)13-12-14-28(3)32-17-18-33-36-34(20-22-39(32,33)5)38(4)21-19-31(42-37(41)29-15-8-6-9-16-29)25-30(38)26-35(36)40-23-10-7-11-24-40/h6,8-9,15-16,26-28,31-36H,7,10-14,17-25H2,1-5H3/t28-,31+,32+,33-,34-,35+,36-,38-,39+/m0/s1. The Balaban J connectivity index is 1.25. The van der Waals surface area contributed by atoms with Crippen molar-refractivity contribution in [3.8, 4) is 0 Å². The van der Waals surface area contributed by atoms with Gasteiger partial charge in [-0.1, -0.05) is 90.2 Å². The number of hydrogen-bond donors (Lipinski definition) is 0. The van der Waals surface area contributed by atoms with Crippen LogP contribution in [0.3, 0.4) is 0 Å². The summed E-state index contributed by atoms with van der Waals surface area (Å²) in [5, 5.41) is 0. The first-order valence-corrected chi connectivity index (χ1v) is 17.9. The highest BCUT2D eigenvalue weighted by molar-refractivity contribution is 5.89. The van der Waals surface area contributed by atoms with Gasteiger partial charge in [0.2, 0.25) is 0 Å². The molecule has 1 saturated heterocycles. The van der Waals surface area contributed by atoms with Gasteiger partial charge >= 0.3 is 5.97 Å². The van der Waals surface area contributed by atoms with E-state index in [2.05, 4.69) is 45.6 Å². The fourth-order valence-electron chi connectivity index (χ4n) is 11.1. The molecule has 0 bridgehead atoms. The number of likely N-dealkylation sites (tertiary alicyclic amines) is 1. The minimum absolute atomic E-state index is 0.00648. The van der Waals surface area contributed by atoms with E-state index in [4.69, 9.17) is 4.74 Å². The Bertz CT molecular complexity index is 1100. The van der Waals surface area contributed by atoms with E-state index in [1.54, 1.807) is 5.57 Å². The van der Waals surface area contributed by atoms with Gasteiger partial charge in [-0.3, -0.25) is 4.90 Å². The number of benzene rings is 1. The maximum absolute atomic E-state index is 13.0. The first kappa shape index (κ1) is 30.4. The normalized spacial score (nSPS) is 39.1. The molecule has 232 valence electrons. The molecule has 1 aromatic rings. The van der Waals surface area contributed by atoms with Crippen LogP contribution in [0.1, 0.15) is 128 Å². The van der Waals surface area contributed by atoms with Gasteiger partial charge in [-0.05, 0) is 123 Å².